The Morgan fingerprint density at radius 1 is 1.29 bits per heavy atom. The molecule has 0 saturated heterocycles. The molecule has 86 valence electrons. The maximum atomic E-state index is 13.1. The van der Waals surface area contributed by atoms with Gasteiger partial charge in [0.1, 0.15) is 17.3 Å². The predicted molar refractivity (Wildman–Crippen MR) is 58.4 cm³/mol. The lowest BCUT2D eigenvalue weighted by Crippen LogP contribution is -2.15. The van der Waals surface area contributed by atoms with Gasteiger partial charge in [0.2, 0.25) is 0 Å². The van der Waals surface area contributed by atoms with Crippen molar-refractivity contribution in [2.45, 2.75) is 12.8 Å². The van der Waals surface area contributed by atoms with Crippen molar-refractivity contribution in [3.05, 3.63) is 58.6 Å². The maximum absolute atomic E-state index is 13.1. The zero-order valence-corrected chi connectivity index (χ0v) is 8.87. The Morgan fingerprint density at radius 3 is 2.94 bits per heavy atom. The Morgan fingerprint density at radius 2 is 2.12 bits per heavy atom. The molecule has 0 aromatic carbocycles. The summed E-state index contributed by atoms with van der Waals surface area (Å²) in [7, 11) is 0. The Kier molecular flexibility index (Phi) is 2.04. The second kappa shape index (κ2) is 3.45. The van der Waals surface area contributed by atoms with Crippen LogP contribution in [0.1, 0.15) is 12.8 Å². The molecule has 3 aliphatic rings. The third-order valence-electron chi connectivity index (χ3n) is 2.83. The predicted octanol–water partition coefficient (Wildman–Crippen LogP) is 2.75. The van der Waals surface area contributed by atoms with E-state index in [0.717, 1.165) is 5.57 Å². The van der Waals surface area contributed by atoms with E-state index >= 15 is 0 Å². The van der Waals surface area contributed by atoms with Crippen molar-refractivity contribution in [1.29, 1.82) is 0 Å². The number of ketones is 1. The van der Waals surface area contributed by atoms with E-state index in [1.807, 2.05) is 0 Å². The first-order chi connectivity index (χ1) is 8.13. The van der Waals surface area contributed by atoms with Crippen molar-refractivity contribution in [2.75, 3.05) is 0 Å². The number of hydrogen-bond acceptors (Lipinski definition) is 3. The molecule has 0 saturated carbocycles. The number of fused-ring (bicyclic) bond motifs is 2. The van der Waals surface area contributed by atoms with Crippen molar-refractivity contribution in [2.24, 2.45) is 0 Å². The van der Waals surface area contributed by atoms with Gasteiger partial charge in [0.05, 0.1) is 6.42 Å². The lowest BCUT2D eigenvalue weighted by atomic mass is 9.94. The Bertz CT molecular complexity index is 573. The number of carbonyl (C=O) groups is 1. The van der Waals surface area contributed by atoms with Crippen LogP contribution in [0.2, 0.25) is 0 Å². The fourth-order valence-electron chi connectivity index (χ4n) is 2.03. The lowest BCUT2D eigenvalue weighted by molar-refractivity contribution is -0.114. The second-order valence-electron chi connectivity index (χ2n) is 4.09. The molecule has 4 heteroatoms. The largest absolute Gasteiger partial charge is 0.508 e. The summed E-state index contributed by atoms with van der Waals surface area (Å²) in [5.74, 6) is 0.0502. The van der Waals surface area contributed by atoms with Crippen LogP contribution in [0.25, 0.3) is 0 Å². The summed E-state index contributed by atoms with van der Waals surface area (Å²) < 4.78 is 18.5. The third kappa shape index (κ3) is 1.62. The summed E-state index contributed by atoms with van der Waals surface area (Å²) in [6.07, 6.45) is 6.28. The van der Waals surface area contributed by atoms with Gasteiger partial charge in [0, 0.05) is 11.6 Å². The molecule has 1 N–H and O–H groups in total. The first-order valence-electron chi connectivity index (χ1n) is 5.26. The van der Waals surface area contributed by atoms with E-state index in [2.05, 4.69) is 0 Å². The van der Waals surface area contributed by atoms with Crippen LogP contribution in [-0.2, 0) is 9.53 Å². The summed E-state index contributed by atoms with van der Waals surface area (Å²) in [5, 5.41) is 9.66. The van der Waals surface area contributed by atoms with Gasteiger partial charge in [-0.25, -0.2) is 4.39 Å². The molecule has 0 radical (unpaired) electrons. The SMILES string of the molecule is O=C1C=C2C=C3CC=C(F)C=C3OC2=C(O)C1. The Labute approximate surface area is 96.9 Å². The number of carbonyl (C=O) groups excluding carboxylic acids is 1. The minimum absolute atomic E-state index is 0.0619. The maximum Gasteiger partial charge on any atom is 0.172 e. The van der Waals surface area contributed by atoms with Crippen LogP contribution >= 0.6 is 0 Å². The highest BCUT2D eigenvalue weighted by molar-refractivity contribution is 5.95. The molecule has 0 unspecified atom stereocenters. The average molecular weight is 232 g/mol. The molecule has 1 aliphatic heterocycles. The second-order valence-corrected chi connectivity index (χ2v) is 4.09. The van der Waals surface area contributed by atoms with Gasteiger partial charge in [-0.2, -0.15) is 0 Å². The first kappa shape index (κ1) is 10.1. The summed E-state index contributed by atoms with van der Waals surface area (Å²) >= 11 is 0. The van der Waals surface area contributed by atoms with Crippen LogP contribution in [0, 0.1) is 0 Å². The van der Waals surface area contributed by atoms with E-state index in [1.165, 1.54) is 18.2 Å². The number of halogens is 1. The molecular weight excluding hydrogens is 223 g/mol. The Hall–Kier alpha value is -2.10. The minimum atomic E-state index is -0.350. The first-order valence-corrected chi connectivity index (χ1v) is 5.26. The Balaban J connectivity index is 2.11. The number of aliphatic hydroxyl groups excluding tert-OH is 1. The van der Waals surface area contributed by atoms with E-state index in [1.54, 1.807) is 6.08 Å². The summed E-state index contributed by atoms with van der Waals surface area (Å²) in [6.45, 7) is 0. The van der Waals surface area contributed by atoms with Gasteiger partial charge in [-0.05, 0) is 30.2 Å². The molecule has 0 atom stereocenters. The molecule has 3 rings (SSSR count). The number of ether oxygens (including phenoxy) is 1. The monoisotopic (exact) mass is 232 g/mol. The molecule has 17 heavy (non-hydrogen) atoms. The van der Waals surface area contributed by atoms with Crippen LogP contribution in [0.15, 0.2) is 58.6 Å². The fourth-order valence-corrected chi connectivity index (χ4v) is 2.03. The number of rotatable bonds is 0. The van der Waals surface area contributed by atoms with Crippen molar-refractivity contribution in [3.63, 3.8) is 0 Å². The van der Waals surface area contributed by atoms with Crippen LogP contribution < -0.4 is 0 Å². The number of hydrogen-bond donors (Lipinski definition) is 1. The smallest absolute Gasteiger partial charge is 0.172 e. The van der Waals surface area contributed by atoms with Gasteiger partial charge in [-0.15, -0.1) is 0 Å². The normalized spacial score (nSPS) is 22.8. The van der Waals surface area contributed by atoms with Crippen molar-refractivity contribution in [1.82, 2.24) is 0 Å². The van der Waals surface area contributed by atoms with Crippen LogP contribution in [-0.4, -0.2) is 10.9 Å². The molecule has 2 aliphatic carbocycles. The molecule has 0 fully saturated rings. The fraction of sp³-hybridized carbons (Fsp3) is 0.154. The van der Waals surface area contributed by atoms with Gasteiger partial charge >= 0.3 is 0 Å². The van der Waals surface area contributed by atoms with Gasteiger partial charge < -0.3 is 9.84 Å². The van der Waals surface area contributed by atoms with Crippen LogP contribution in [0.3, 0.4) is 0 Å². The molecule has 0 bridgehead atoms. The van der Waals surface area contributed by atoms with E-state index in [4.69, 9.17) is 4.74 Å². The van der Waals surface area contributed by atoms with Crippen LogP contribution in [0.5, 0.6) is 0 Å². The average Bonchev–Trinajstić information content (AvgIpc) is 2.27. The molecule has 0 aromatic heterocycles. The van der Waals surface area contributed by atoms with E-state index in [0.29, 0.717) is 17.8 Å². The zero-order valence-electron chi connectivity index (χ0n) is 8.87. The van der Waals surface area contributed by atoms with E-state index in [-0.39, 0.29) is 29.5 Å². The minimum Gasteiger partial charge on any atom is -0.508 e. The summed E-state index contributed by atoms with van der Waals surface area (Å²) in [5.41, 5.74) is 1.37. The molecule has 0 amide bonds. The van der Waals surface area contributed by atoms with E-state index < -0.39 is 0 Å². The van der Waals surface area contributed by atoms with Crippen molar-refractivity contribution >= 4 is 5.78 Å². The van der Waals surface area contributed by atoms with Crippen molar-refractivity contribution < 1.29 is 19.0 Å². The van der Waals surface area contributed by atoms with Gasteiger partial charge in [0.15, 0.2) is 11.5 Å². The summed E-state index contributed by atoms with van der Waals surface area (Å²) in [6, 6.07) is 0. The van der Waals surface area contributed by atoms with Crippen molar-refractivity contribution in [3.8, 4) is 0 Å². The van der Waals surface area contributed by atoms with Gasteiger partial charge in [-0.1, -0.05) is 0 Å². The highest BCUT2D eigenvalue weighted by Crippen LogP contribution is 2.37. The zero-order chi connectivity index (χ0) is 12.0. The molecule has 1 heterocycles. The topological polar surface area (TPSA) is 46.5 Å². The molecular formula is C13H9FO3. The molecule has 0 spiro atoms. The highest BCUT2D eigenvalue weighted by Gasteiger charge is 2.28. The van der Waals surface area contributed by atoms with E-state index in [9.17, 15) is 14.3 Å². The standard InChI is InChI=1S/C13H9FO3/c14-9-2-1-7-3-8-4-10(15)6-11(16)13(8)17-12(7)5-9/h2-5,16H,1,6H2. The molecule has 3 nitrogen and oxygen atoms in total. The number of aliphatic hydroxyl groups is 1. The summed E-state index contributed by atoms with van der Waals surface area (Å²) in [4.78, 5) is 11.3. The van der Waals surface area contributed by atoms with Gasteiger partial charge in [0.25, 0.3) is 0 Å². The highest BCUT2D eigenvalue weighted by atomic mass is 19.1. The quantitative estimate of drug-likeness (QED) is 0.698. The lowest BCUT2D eigenvalue weighted by Gasteiger charge is -2.26. The molecule has 0 aromatic rings. The van der Waals surface area contributed by atoms with Gasteiger partial charge in [-0.3, -0.25) is 4.79 Å². The number of allylic oxidation sites excluding steroid dienone is 7. The third-order valence-corrected chi connectivity index (χ3v) is 2.83. The van der Waals surface area contributed by atoms with Crippen LogP contribution in [0.4, 0.5) is 4.39 Å².